The fraction of sp³-hybridized carbons (Fsp3) is 0.579. The second-order valence-corrected chi connectivity index (χ2v) is 8.21. The molecule has 0 aliphatic carbocycles. The molecule has 2 saturated heterocycles. The number of carbonyl (C=O) groups excluding carboxylic acids is 2. The van der Waals surface area contributed by atoms with Crippen molar-refractivity contribution in [3.05, 3.63) is 30.2 Å². The van der Waals surface area contributed by atoms with Crippen molar-refractivity contribution in [3.8, 4) is 0 Å². The van der Waals surface area contributed by atoms with E-state index in [1.54, 1.807) is 34.1 Å². The molecule has 2 aliphatic rings. The van der Waals surface area contributed by atoms with Crippen LogP contribution in [0.5, 0.6) is 0 Å². The van der Waals surface area contributed by atoms with Crippen LogP contribution < -0.4 is 0 Å². The zero-order valence-corrected chi connectivity index (χ0v) is 15.8. The molecular weight excluding hydrogens is 348 g/mol. The van der Waals surface area contributed by atoms with Gasteiger partial charge < -0.3 is 9.47 Å². The van der Waals surface area contributed by atoms with Gasteiger partial charge in [0, 0.05) is 18.3 Å². The van der Waals surface area contributed by atoms with E-state index >= 15 is 0 Å². The van der Waals surface area contributed by atoms with Gasteiger partial charge in [0.05, 0.1) is 37.1 Å². The number of aromatic nitrogens is 3. The highest BCUT2D eigenvalue weighted by atomic mass is 16.6. The minimum atomic E-state index is -0.554. The average Bonchev–Trinajstić information content (AvgIpc) is 3.02. The van der Waals surface area contributed by atoms with Crippen LogP contribution in [0.2, 0.25) is 0 Å². The van der Waals surface area contributed by atoms with Crippen molar-refractivity contribution >= 4 is 17.5 Å². The number of rotatable bonds is 2. The van der Waals surface area contributed by atoms with E-state index in [0.29, 0.717) is 37.3 Å². The Hall–Kier alpha value is -2.48. The number of hydrogen-bond acceptors (Lipinski definition) is 6. The van der Waals surface area contributed by atoms with Crippen LogP contribution in [0.4, 0.5) is 4.79 Å². The molecule has 0 aromatic carbocycles. The molecule has 144 valence electrons. The van der Waals surface area contributed by atoms with Crippen molar-refractivity contribution in [1.82, 2.24) is 19.5 Å². The van der Waals surface area contributed by atoms with E-state index in [1.165, 1.54) is 0 Å². The van der Waals surface area contributed by atoms with E-state index in [9.17, 15) is 9.59 Å². The number of Topliss-reactive ketones (excluding diaryl/α,β-unsaturated/α-hetero) is 1. The third-order valence-corrected chi connectivity index (χ3v) is 5.04. The summed E-state index contributed by atoms with van der Waals surface area (Å²) in [5.41, 5.74) is 0.547. The molecular formula is C19H24N4O4. The van der Waals surface area contributed by atoms with E-state index < -0.39 is 5.60 Å². The number of morpholine rings is 1. The molecule has 2 aromatic heterocycles. The van der Waals surface area contributed by atoms with Crippen molar-refractivity contribution in [1.29, 1.82) is 0 Å². The lowest BCUT2D eigenvalue weighted by Gasteiger charge is -2.47. The number of nitrogens with zero attached hydrogens (tertiary/aromatic N) is 4. The molecule has 8 nitrogen and oxygen atoms in total. The first-order valence-corrected chi connectivity index (χ1v) is 9.25. The summed E-state index contributed by atoms with van der Waals surface area (Å²) in [4.78, 5) is 31.8. The molecule has 2 atom stereocenters. The minimum absolute atomic E-state index is 0.0319. The molecule has 1 amide bonds. The summed E-state index contributed by atoms with van der Waals surface area (Å²) in [5.74, 6) is -0.151. The second-order valence-electron chi connectivity index (χ2n) is 8.21. The standard InChI is InChI=1S/C19H24N4O4/c1-19(2,3)27-18(25)23-13-7-12(8-14(23)11-26-10-13)16(24)15-9-21-22-6-4-5-20-17(15)22/h4-6,9,12-14H,7-8,10-11H2,1-3H3. The van der Waals surface area contributed by atoms with Gasteiger partial charge in [0.25, 0.3) is 0 Å². The molecule has 27 heavy (non-hydrogen) atoms. The van der Waals surface area contributed by atoms with Gasteiger partial charge in [-0.3, -0.25) is 9.69 Å². The predicted molar refractivity (Wildman–Crippen MR) is 96.5 cm³/mol. The van der Waals surface area contributed by atoms with Gasteiger partial charge in [-0.1, -0.05) is 0 Å². The predicted octanol–water partition coefficient (Wildman–Crippen LogP) is 2.33. The SMILES string of the molecule is CC(C)(C)OC(=O)N1C2COCC1CC(C(=O)c1cnn3cccnc13)C2. The third kappa shape index (κ3) is 3.41. The van der Waals surface area contributed by atoms with Crippen LogP contribution in [0, 0.1) is 5.92 Å². The van der Waals surface area contributed by atoms with Crippen LogP contribution in [0.15, 0.2) is 24.7 Å². The Kier molecular flexibility index (Phi) is 4.38. The van der Waals surface area contributed by atoms with E-state index in [1.807, 2.05) is 20.8 Å². The Morgan fingerprint density at radius 1 is 1.22 bits per heavy atom. The van der Waals surface area contributed by atoms with Crippen LogP contribution in [-0.4, -0.2) is 62.3 Å². The lowest BCUT2D eigenvalue weighted by molar-refractivity contribution is -0.0861. The quantitative estimate of drug-likeness (QED) is 0.752. The Morgan fingerprint density at radius 3 is 2.59 bits per heavy atom. The molecule has 2 aliphatic heterocycles. The molecule has 2 aromatic rings. The molecule has 2 unspecified atom stereocenters. The van der Waals surface area contributed by atoms with Gasteiger partial charge >= 0.3 is 6.09 Å². The normalized spacial score (nSPS) is 25.4. The largest absolute Gasteiger partial charge is 0.444 e. The zero-order chi connectivity index (χ0) is 19.2. The Bertz CT molecular complexity index is 858. The molecule has 0 spiro atoms. The summed E-state index contributed by atoms with van der Waals surface area (Å²) < 4.78 is 12.8. The van der Waals surface area contributed by atoms with E-state index in [4.69, 9.17) is 9.47 Å². The molecule has 8 heteroatoms. The zero-order valence-electron chi connectivity index (χ0n) is 15.8. The van der Waals surface area contributed by atoms with Crippen LogP contribution in [-0.2, 0) is 9.47 Å². The Balaban J connectivity index is 1.54. The van der Waals surface area contributed by atoms with E-state index in [0.717, 1.165) is 0 Å². The highest BCUT2D eigenvalue weighted by molar-refractivity contribution is 6.02. The highest BCUT2D eigenvalue weighted by Crippen LogP contribution is 2.35. The Morgan fingerprint density at radius 2 is 1.93 bits per heavy atom. The smallest absolute Gasteiger partial charge is 0.410 e. The molecule has 4 heterocycles. The van der Waals surface area contributed by atoms with Gasteiger partial charge in [-0.15, -0.1) is 0 Å². The lowest BCUT2D eigenvalue weighted by Crippen LogP contribution is -2.60. The number of ether oxygens (including phenoxy) is 2. The van der Waals surface area contributed by atoms with Gasteiger partial charge in [0.2, 0.25) is 0 Å². The number of carbonyl (C=O) groups is 2. The maximum atomic E-state index is 13.1. The summed E-state index contributed by atoms with van der Waals surface area (Å²) in [6.45, 7) is 6.40. The van der Waals surface area contributed by atoms with Gasteiger partial charge in [-0.25, -0.2) is 14.3 Å². The molecule has 2 fully saturated rings. The summed E-state index contributed by atoms with van der Waals surface area (Å²) >= 11 is 0. The number of fused-ring (bicyclic) bond motifs is 3. The number of hydrogen-bond donors (Lipinski definition) is 0. The topological polar surface area (TPSA) is 86.0 Å². The van der Waals surface area contributed by atoms with Gasteiger partial charge in [-0.05, 0) is 39.7 Å². The first kappa shape index (κ1) is 17.9. The van der Waals surface area contributed by atoms with E-state index in [-0.39, 0.29) is 29.9 Å². The maximum Gasteiger partial charge on any atom is 0.410 e. The summed E-state index contributed by atoms with van der Waals surface area (Å²) in [6.07, 6.45) is 5.78. The average molecular weight is 372 g/mol. The molecule has 0 saturated carbocycles. The van der Waals surface area contributed by atoms with Gasteiger partial charge in [0.15, 0.2) is 11.4 Å². The number of piperidine rings is 1. The molecule has 0 radical (unpaired) electrons. The minimum Gasteiger partial charge on any atom is -0.444 e. The van der Waals surface area contributed by atoms with Gasteiger partial charge in [0.1, 0.15) is 5.60 Å². The van der Waals surface area contributed by atoms with Crippen molar-refractivity contribution in [2.75, 3.05) is 13.2 Å². The number of amides is 1. The summed E-state index contributed by atoms with van der Waals surface area (Å²) in [5, 5.41) is 4.21. The van der Waals surface area contributed by atoms with E-state index in [2.05, 4.69) is 10.1 Å². The Labute approximate surface area is 157 Å². The maximum absolute atomic E-state index is 13.1. The first-order valence-electron chi connectivity index (χ1n) is 9.25. The number of ketones is 1. The molecule has 0 N–H and O–H groups in total. The third-order valence-electron chi connectivity index (χ3n) is 5.04. The van der Waals surface area contributed by atoms with Crippen LogP contribution in [0.3, 0.4) is 0 Å². The van der Waals surface area contributed by atoms with Crippen molar-refractivity contribution in [2.24, 2.45) is 5.92 Å². The fourth-order valence-electron chi connectivity index (χ4n) is 3.96. The van der Waals surface area contributed by atoms with Gasteiger partial charge in [-0.2, -0.15) is 5.10 Å². The fourth-order valence-corrected chi connectivity index (χ4v) is 3.96. The van der Waals surface area contributed by atoms with Crippen LogP contribution in [0.1, 0.15) is 44.0 Å². The summed E-state index contributed by atoms with van der Waals surface area (Å²) in [6, 6.07) is 1.46. The van der Waals surface area contributed by atoms with Crippen LogP contribution in [0.25, 0.3) is 5.65 Å². The first-order chi connectivity index (χ1) is 12.8. The van der Waals surface area contributed by atoms with Crippen molar-refractivity contribution in [2.45, 2.75) is 51.3 Å². The van der Waals surface area contributed by atoms with Crippen LogP contribution >= 0.6 is 0 Å². The lowest BCUT2D eigenvalue weighted by atomic mass is 9.81. The molecule has 2 bridgehead atoms. The molecule has 4 rings (SSSR count). The summed E-state index contributed by atoms with van der Waals surface area (Å²) in [7, 11) is 0. The second kappa shape index (κ2) is 6.60. The highest BCUT2D eigenvalue weighted by Gasteiger charge is 2.45. The monoisotopic (exact) mass is 372 g/mol. The van der Waals surface area contributed by atoms with Crippen molar-refractivity contribution in [3.63, 3.8) is 0 Å². The van der Waals surface area contributed by atoms with Crippen molar-refractivity contribution < 1.29 is 19.1 Å².